The van der Waals surface area contributed by atoms with Crippen LogP contribution in [-0.4, -0.2) is 30.6 Å². The van der Waals surface area contributed by atoms with E-state index in [0.29, 0.717) is 27.8 Å². The van der Waals surface area contributed by atoms with Gasteiger partial charge in [0.25, 0.3) is 0 Å². The van der Waals surface area contributed by atoms with Crippen molar-refractivity contribution in [3.63, 3.8) is 0 Å². The minimum absolute atomic E-state index is 0.0525. The average Bonchev–Trinajstić information content (AvgIpc) is 2.97. The number of carbonyl (C=O) groups excluding carboxylic acids is 2. The molecule has 2 atom stereocenters. The maximum Gasteiger partial charge on any atom is 0.347 e. The summed E-state index contributed by atoms with van der Waals surface area (Å²) in [5.41, 5.74) is 2.03. The second kappa shape index (κ2) is 6.41. The number of fused-ring (bicyclic) bond motifs is 3. The lowest BCUT2D eigenvalue weighted by atomic mass is 9.67. The minimum atomic E-state index is -0.676. The number of allylic oxidation sites excluding steroid dienone is 6. The number of hydrogen-bond acceptors (Lipinski definition) is 5. The van der Waals surface area contributed by atoms with Crippen molar-refractivity contribution in [3.05, 3.63) is 84.7 Å². The first kappa shape index (κ1) is 19.3. The van der Waals surface area contributed by atoms with Gasteiger partial charge in [-0.2, -0.15) is 0 Å². The van der Waals surface area contributed by atoms with Gasteiger partial charge in [0.05, 0.1) is 12.6 Å². The number of aryl methyl sites for hydroxylation is 1. The number of phenolic OH excluding ortho intramolecular Hbond substituents is 1. The van der Waals surface area contributed by atoms with E-state index in [2.05, 4.69) is 0 Å². The number of carbonyl (C=O) groups is 2. The molecule has 2 aliphatic carbocycles. The molecule has 8 heteroatoms. The number of ketones is 2. The number of benzene rings is 1. The summed E-state index contributed by atoms with van der Waals surface area (Å²) in [4.78, 5) is 51.5. The second-order valence-corrected chi connectivity index (χ2v) is 8.33. The van der Waals surface area contributed by atoms with Crippen LogP contribution in [0.3, 0.4) is 0 Å². The van der Waals surface area contributed by atoms with Crippen LogP contribution in [0.4, 0.5) is 0 Å². The number of para-hydroxylation sites is 1. The molecule has 5 rings (SSSR count). The molecular formula is C23H21N3O5. The number of Topliss-reactive ketones (excluding diaryl/α,β-unsaturated/α-hetero) is 1. The summed E-state index contributed by atoms with van der Waals surface area (Å²) in [6, 6.07) is 4.70. The number of hydrogen-bond donors (Lipinski definition) is 1. The largest absolute Gasteiger partial charge is 0.507 e. The van der Waals surface area contributed by atoms with Crippen molar-refractivity contribution in [1.82, 2.24) is 13.9 Å². The first-order valence-electron chi connectivity index (χ1n) is 10.1. The highest BCUT2D eigenvalue weighted by molar-refractivity contribution is 6.23. The van der Waals surface area contributed by atoms with E-state index in [0.717, 1.165) is 10.1 Å². The second-order valence-electron chi connectivity index (χ2n) is 8.33. The highest BCUT2D eigenvalue weighted by Crippen LogP contribution is 2.51. The van der Waals surface area contributed by atoms with Crippen LogP contribution >= 0.6 is 0 Å². The zero-order valence-electron chi connectivity index (χ0n) is 17.4. The Morgan fingerprint density at radius 2 is 1.81 bits per heavy atom. The van der Waals surface area contributed by atoms with Crippen LogP contribution in [-0.2, 0) is 23.2 Å². The monoisotopic (exact) mass is 419 g/mol. The van der Waals surface area contributed by atoms with Gasteiger partial charge in [0.15, 0.2) is 11.6 Å². The summed E-state index contributed by atoms with van der Waals surface area (Å²) in [6.07, 6.45) is 3.31. The van der Waals surface area contributed by atoms with Gasteiger partial charge >= 0.3 is 11.4 Å². The number of aromatic nitrogens is 3. The molecule has 2 heterocycles. The molecule has 2 unspecified atom stereocenters. The lowest BCUT2D eigenvalue weighted by Gasteiger charge is -2.39. The van der Waals surface area contributed by atoms with Crippen molar-refractivity contribution in [2.75, 3.05) is 0 Å². The zero-order valence-corrected chi connectivity index (χ0v) is 17.4. The fourth-order valence-corrected chi connectivity index (χ4v) is 5.01. The summed E-state index contributed by atoms with van der Waals surface area (Å²) in [6.45, 7) is 3.54. The molecule has 8 nitrogen and oxygen atoms in total. The van der Waals surface area contributed by atoms with Crippen LogP contribution in [0, 0.1) is 6.92 Å². The Hall–Kier alpha value is -3.68. The number of aromatic hydroxyl groups is 1. The predicted molar refractivity (Wildman–Crippen MR) is 112 cm³/mol. The van der Waals surface area contributed by atoms with Crippen molar-refractivity contribution in [2.24, 2.45) is 7.05 Å². The fraction of sp³-hybridized carbons (Fsp3) is 0.304. The zero-order chi connectivity index (χ0) is 22.2. The van der Waals surface area contributed by atoms with Gasteiger partial charge < -0.3 is 5.11 Å². The summed E-state index contributed by atoms with van der Waals surface area (Å²) >= 11 is 0. The third-order valence-corrected chi connectivity index (χ3v) is 6.60. The Morgan fingerprint density at radius 3 is 2.55 bits per heavy atom. The van der Waals surface area contributed by atoms with E-state index in [9.17, 15) is 24.3 Å². The maximum atomic E-state index is 13.2. The van der Waals surface area contributed by atoms with E-state index < -0.39 is 23.3 Å². The van der Waals surface area contributed by atoms with Crippen molar-refractivity contribution in [2.45, 2.75) is 38.8 Å². The molecule has 0 radical (unpaired) electrons. The highest BCUT2D eigenvalue weighted by atomic mass is 16.3. The van der Waals surface area contributed by atoms with Gasteiger partial charge in [-0.15, -0.1) is 0 Å². The SMILES string of the molecule is CC1=CC(=O)C2=C(C1=O)C(c1cccc(C)c1O)C1=CCn3c(=O)n(C)c(=O)n3C1C2. The molecule has 3 aliphatic rings. The molecule has 0 saturated carbocycles. The summed E-state index contributed by atoms with van der Waals surface area (Å²) in [5, 5.41) is 10.9. The summed E-state index contributed by atoms with van der Waals surface area (Å²) in [7, 11) is 1.42. The lowest BCUT2D eigenvalue weighted by Crippen LogP contribution is -2.40. The normalized spacial score (nSPS) is 22.5. The molecule has 0 amide bonds. The Kier molecular flexibility index (Phi) is 3.99. The van der Waals surface area contributed by atoms with Gasteiger partial charge in [-0.3, -0.25) is 9.59 Å². The van der Waals surface area contributed by atoms with Crippen molar-refractivity contribution >= 4 is 11.6 Å². The van der Waals surface area contributed by atoms with Gasteiger partial charge in [-0.05, 0) is 31.1 Å². The molecule has 1 aromatic heterocycles. The molecule has 1 aliphatic heterocycles. The standard InChI is InChI=1S/C23H21N3O5/c1-11-5-4-6-14(20(11)28)18-13-7-8-25-22(30)24(3)23(31)26(25)16(13)10-15-17(27)9-12(2)21(29)19(15)18/h4-7,9,16,18,28H,8,10H2,1-3H3. The van der Waals surface area contributed by atoms with Crippen LogP contribution in [0.5, 0.6) is 5.75 Å². The van der Waals surface area contributed by atoms with Crippen LogP contribution in [0.2, 0.25) is 0 Å². The van der Waals surface area contributed by atoms with E-state index in [1.807, 2.05) is 6.08 Å². The molecule has 1 aromatic carbocycles. The van der Waals surface area contributed by atoms with E-state index in [4.69, 9.17) is 0 Å². The smallest absolute Gasteiger partial charge is 0.347 e. The lowest BCUT2D eigenvalue weighted by molar-refractivity contribution is -0.116. The van der Waals surface area contributed by atoms with Gasteiger partial charge in [-0.1, -0.05) is 24.3 Å². The van der Waals surface area contributed by atoms with Crippen LogP contribution in [0.25, 0.3) is 0 Å². The molecule has 31 heavy (non-hydrogen) atoms. The maximum absolute atomic E-state index is 13.2. The average molecular weight is 419 g/mol. The molecule has 0 saturated heterocycles. The van der Waals surface area contributed by atoms with E-state index in [-0.39, 0.29) is 30.3 Å². The van der Waals surface area contributed by atoms with Gasteiger partial charge in [0.1, 0.15) is 5.75 Å². The van der Waals surface area contributed by atoms with Gasteiger partial charge in [0, 0.05) is 41.7 Å². The van der Waals surface area contributed by atoms with E-state index in [1.165, 1.54) is 22.5 Å². The summed E-state index contributed by atoms with van der Waals surface area (Å²) < 4.78 is 3.77. The van der Waals surface area contributed by atoms with Crippen molar-refractivity contribution in [3.8, 4) is 5.75 Å². The first-order chi connectivity index (χ1) is 14.7. The fourth-order valence-electron chi connectivity index (χ4n) is 5.01. The van der Waals surface area contributed by atoms with Crippen LogP contribution in [0.1, 0.15) is 36.4 Å². The molecule has 0 fully saturated rings. The van der Waals surface area contributed by atoms with Gasteiger partial charge in [-0.25, -0.2) is 23.5 Å². The topological polar surface area (TPSA) is 103 Å². The third kappa shape index (κ3) is 2.47. The van der Waals surface area contributed by atoms with E-state index in [1.54, 1.807) is 32.0 Å². The Bertz CT molecular complexity index is 1410. The van der Waals surface area contributed by atoms with Gasteiger partial charge in [0.2, 0.25) is 0 Å². The molecule has 2 aromatic rings. The predicted octanol–water partition coefficient (Wildman–Crippen LogP) is 1.43. The van der Waals surface area contributed by atoms with Crippen LogP contribution in [0.15, 0.2) is 62.2 Å². The summed E-state index contributed by atoms with van der Waals surface area (Å²) in [5.74, 6) is -1.13. The Labute approximate surface area is 177 Å². The third-order valence-electron chi connectivity index (χ3n) is 6.60. The first-order valence-corrected chi connectivity index (χ1v) is 10.1. The molecule has 0 bridgehead atoms. The van der Waals surface area contributed by atoms with E-state index >= 15 is 0 Å². The Morgan fingerprint density at radius 1 is 1.06 bits per heavy atom. The highest BCUT2D eigenvalue weighted by Gasteiger charge is 2.45. The van der Waals surface area contributed by atoms with Crippen molar-refractivity contribution < 1.29 is 14.7 Å². The minimum Gasteiger partial charge on any atom is -0.507 e. The van der Waals surface area contributed by atoms with Crippen LogP contribution < -0.4 is 11.4 Å². The number of nitrogens with zero attached hydrogens (tertiary/aromatic N) is 3. The molecule has 1 N–H and O–H groups in total. The molecule has 0 spiro atoms. The molecule has 158 valence electrons. The quantitative estimate of drug-likeness (QED) is 0.556. The molecular weight excluding hydrogens is 398 g/mol. The number of phenols is 1. The van der Waals surface area contributed by atoms with Crippen molar-refractivity contribution in [1.29, 1.82) is 0 Å². The number of rotatable bonds is 1. The Balaban J connectivity index is 1.82.